The molecule has 3 rings (SSSR count). The van der Waals surface area contributed by atoms with Crippen molar-refractivity contribution in [3.63, 3.8) is 0 Å². The van der Waals surface area contributed by atoms with Crippen LogP contribution in [0.2, 0.25) is 0 Å². The van der Waals surface area contributed by atoms with Gasteiger partial charge in [-0.25, -0.2) is 9.97 Å². The van der Waals surface area contributed by atoms with E-state index in [2.05, 4.69) is 35.9 Å². The predicted octanol–water partition coefficient (Wildman–Crippen LogP) is 4.62. The Morgan fingerprint density at radius 3 is 2.76 bits per heavy atom. The Kier molecular flexibility index (Phi) is 3.80. The number of hydrogen-bond acceptors (Lipinski definition) is 3. The van der Waals surface area contributed by atoms with Gasteiger partial charge in [0.25, 0.3) is 0 Å². The average molecular weight is 295 g/mol. The number of benzene rings is 1. The van der Waals surface area contributed by atoms with Gasteiger partial charge in [-0.1, -0.05) is 43.8 Å². The molecule has 3 nitrogen and oxygen atoms in total. The SMILES string of the molecule is CCCc1cc(=S)nc(-c2cc(C)c3ccccc3n2)[nH]1. The lowest BCUT2D eigenvalue weighted by Crippen LogP contribution is -1.98. The molecular formula is C17H17N3S. The second-order valence-corrected chi connectivity index (χ2v) is 5.60. The molecule has 2 heterocycles. The molecule has 0 fully saturated rings. The number of pyridine rings is 1. The lowest BCUT2D eigenvalue weighted by Gasteiger charge is -2.08. The van der Waals surface area contributed by atoms with Gasteiger partial charge in [-0.2, -0.15) is 0 Å². The Morgan fingerprint density at radius 2 is 1.95 bits per heavy atom. The van der Waals surface area contributed by atoms with Crippen molar-refractivity contribution in [2.24, 2.45) is 0 Å². The van der Waals surface area contributed by atoms with E-state index in [9.17, 15) is 0 Å². The van der Waals surface area contributed by atoms with Crippen LogP contribution in [-0.2, 0) is 6.42 Å². The topological polar surface area (TPSA) is 41.6 Å². The van der Waals surface area contributed by atoms with Crippen LogP contribution in [0.1, 0.15) is 24.6 Å². The van der Waals surface area contributed by atoms with Crippen LogP contribution >= 0.6 is 12.2 Å². The largest absolute Gasteiger partial charge is 0.342 e. The fourth-order valence-electron chi connectivity index (χ4n) is 2.50. The van der Waals surface area contributed by atoms with E-state index in [1.54, 1.807) is 0 Å². The molecule has 0 aliphatic carbocycles. The molecule has 0 amide bonds. The lowest BCUT2D eigenvalue weighted by molar-refractivity contribution is 0.872. The first-order valence-corrected chi connectivity index (χ1v) is 7.55. The summed E-state index contributed by atoms with van der Waals surface area (Å²) in [5.41, 5.74) is 4.13. The molecule has 21 heavy (non-hydrogen) atoms. The number of para-hydroxylation sites is 1. The molecule has 0 aliphatic heterocycles. The Labute approximate surface area is 129 Å². The van der Waals surface area contributed by atoms with Crippen molar-refractivity contribution >= 4 is 23.1 Å². The summed E-state index contributed by atoms with van der Waals surface area (Å²) in [6.45, 7) is 4.24. The number of fused-ring (bicyclic) bond motifs is 1. The standard InChI is InChI=1S/C17H17N3S/c1-3-6-12-10-16(21)20-17(18-12)15-9-11(2)13-7-4-5-8-14(13)19-15/h4-5,7-10H,3,6H2,1-2H3,(H,18,20,21). The Morgan fingerprint density at radius 1 is 1.14 bits per heavy atom. The fraction of sp³-hybridized carbons (Fsp3) is 0.235. The molecular weight excluding hydrogens is 278 g/mol. The van der Waals surface area contributed by atoms with Crippen LogP contribution < -0.4 is 0 Å². The number of aromatic nitrogens is 3. The number of aromatic amines is 1. The van der Waals surface area contributed by atoms with Crippen LogP contribution in [0.25, 0.3) is 22.4 Å². The normalized spacial score (nSPS) is 11.0. The maximum Gasteiger partial charge on any atom is 0.157 e. The van der Waals surface area contributed by atoms with Crippen molar-refractivity contribution in [3.8, 4) is 11.5 Å². The maximum absolute atomic E-state index is 5.27. The van der Waals surface area contributed by atoms with Gasteiger partial charge in [0.2, 0.25) is 0 Å². The van der Waals surface area contributed by atoms with Gasteiger partial charge in [0, 0.05) is 11.1 Å². The number of nitrogens with one attached hydrogen (secondary N) is 1. The van der Waals surface area contributed by atoms with Gasteiger partial charge >= 0.3 is 0 Å². The molecule has 1 aromatic carbocycles. The van der Waals surface area contributed by atoms with E-state index >= 15 is 0 Å². The zero-order chi connectivity index (χ0) is 14.8. The summed E-state index contributed by atoms with van der Waals surface area (Å²) in [5.74, 6) is 0.750. The molecule has 0 radical (unpaired) electrons. The van der Waals surface area contributed by atoms with E-state index in [0.717, 1.165) is 35.6 Å². The Bertz CT molecular complexity index is 852. The average Bonchev–Trinajstić information content (AvgIpc) is 2.47. The minimum absolute atomic E-state index is 0.611. The number of aryl methyl sites for hydroxylation is 2. The van der Waals surface area contributed by atoms with Crippen molar-refractivity contribution in [2.45, 2.75) is 26.7 Å². The summed E-state index contributed by atoms with van der Waals surface area (Å²) in [7, 11) is 0. The van der Waals surface area contributed by atoms with E-state index < -0.39 is 0 Å². The Hall–Kier alpha value is -2.07. The van der Waals surface area contributed by atoms with Gasteiger partial charge in [-0.3, -0.25) is 0 Å². The van der Waals surface area contributed by atoms with Crippen LogP contribution in [0, 0.1) is 11.6 Å². The van der Waals surface area contributed by atoms with Gasteiger partial charge in [-0.15, -0.1) is 0 Å². The quantitative estimate of drug-likeness (QED) is 0.717. The van der Waals surface area contributed by atoms with Gasteiger partial charge in [0.1, 0.15) is 10.3 Å². The van der Waals surface area contributed by atoms with Crippen LogP contribution in [0.4, 0.5) is 0 Å². The molecule has 0 aliphatic rings. The van der Waals surface area contributed by atoms with Gasteiger partial charge < -0.3 is 4.98 Å². The van der Waals surface area contributed by atoms with Crippen LogP contribution in [0.5, 0.6) is 0 Å². The molecule has 3 aromatic rings. The summed E-state index contributed by atoms with van der Waals surface area (Å²) in [4.78, 5) is 12.5. The van der Waals surface area contributed by atoms with E-state index in [4.69, 9.17) is 17.2 Å². The van der Waals surface area contributed by atoms with Crippen LogP contribution in [0.3, 0.4) is 0 Å². The van der Waals surface area contributed by atoms with Gasteiger partial charge in [0.15, 0.2) is 5.82 Å². The number of H-pyrrole nitrogens is 1. The summed E-state index contributed by atoms with van der Waals surface area (Å²) < 4.78 is 0.611. The smallest absolute Gasteiger partial charge is 0.157 e. The summed E-state index contributed by atoms with van der Waals surface area (Å²) in [6, 6.07) is 12.1. The number of hydrogen-bond donors (Lipinski definition) is 1. The molecule has 2 aromatic heterocycles. The highest BCUT2D eigenvalue weighted by atomic mass is 32.1. The Balaban J connectivity index is 2.18. The molecule has 4 heteroatoms. The minimum atomic E-state index is 0.611. The third kappa shape index (κ3) is 2.85. The highest BCUT2D eigenvalue weighted by molar-refractivity contribution is 7.71. The zero-order valence-corrected chi connectivity index (χ0v) is 13.0. The summed E-state index contributed by atoms with van der Waals surface area (Å²) >= 11 is 5.27. The molecule has 0 bridgehead atoms. The van der Waals surface area contributed by atoms with Crippen molar-refractivity contribution in [1.82, 2.24) is 15.0 Å². The molecule has 0 unspecified atom stereocenters. The third-order valence-corrected chi connectivity index (χ3v) is 3.69. The molecule has 0 spiro atoms. The number of rotatable bonds is 3. The monoisotopic (exact) mass is 295 g/mol. The molecule has 1 N–H and O–H groups in total. The van der Waals surface area contributed by atoms with Crippen LogP contribution in [-0.4, -0.2) is 15.0 Å². The maximum atomic E-state index is 5.27. The summed E-state index contributed by atoms with van der Waals surface area (Å²) in [6.07, 6.45) is 2.03. The first kappa shape index (κ1) is 13.9. The van der Waals surface area contributed by atoms with Gasteiger partial charge in [-0.05, 0) is 37.1 Å². The molecule has 0 saturated heterocycles. The zero-order valence-electron chi connectivity index (χ0n) is 12.2. The van der Waals surface area contributed by atoms with E-state index in [1.165, 1.54) is 10.9 Å². The molecule has 0 saturated carbocycles. The van der Waals surface area contributed by atoms with Crippen molar-refractivity contribution in [3.05, 3.63) is 52.3 Å². The van der Waals surface area contributed by atoms with Crippen molar-refractivity contribution < 1.29 is 0 Å². The van der Waals surface area contributed by atoms with Crippen LogP contribution in [0.15, 0.2) is 36.4 Å². The molecule has 0 atom stereocenters. The third-order valence-electron chi connectivity index (χ3n) is 3.48. The predicted molar refractivity (Wildman–Crippen MR) is 88.9 cm³/mol. The van der Waals surface area contributed by atoms with Gasteiger partial charge in [0.05, 0.1) is 5.52 Å². The highest BCUT2D eigenvalue weighted by Crippen LogP contribution is 2.22. The first-order valence-electron chi connectivity index (χ1n) is 7.14. The fourth-order valence-corrected chi connectivity index (χ4v) is 2.74. The minimum Gasteiger partial charge on any atom is -0.342 e. The lowest BCUT2D eigenvalue weighted by atomic mass is 10.1. The van der Waals surface area contributed by atoms with E-state index in [-0.39, 0.29) is 0 Å². The van der Waals surface area contributed by atoms with Crippen molar-refractivity contribution in [1.29, 1.82) is 0 Å². The second-order valence-electron chi connectivity index (χ2n) is 5.18. The second kappa shape index (κ2) is 5.74. The van der Waals surface area contributed by atoms with E-state index in [0.29, 0.717) is 4.64 Å². The number of nitrogens with zero attached hydrogens (tertiary/aromatic N) is 2. The summed E-state index contributed by atoms with van der Waals surface area (Å²) in [5, 5.41) is 1.17. The van der Waals surface area contributed by atoms with Crippen molar-refractivity contribution in [2.75, 3.05) is 0 Å². The highest BCUT2D eigenvalue weighted by Gasteiger charge is 2.07. The first-order chi connectivity index (χ1) is 10.2. The molecule has 106 valence electrons. The van der Waals surface area contributed by atoms with E-state index in [1.807, 2.05) is 24.3 Å².